The molecule has 0 aliphatic heterocycles. The van der Waals surface area contributed by atoms with E-state index in [4.69, 9.17) is 4.98 Å². The van der Waals surface area contributed by atoms with Crippen LogP contribution in [0.3, 0.4) is 0 Å². The molecule has 3 aromatic rings. The van der Waals surface area contributed by atoms with Crippen molar-refractivity contribution < 1.29 is 0 Å². The first-order valence-corrected chi connectivity index (χ1v) is 8.99. The fourth-order valence-corrected chi connectivity index (χ4v) is 4.65. The molecule has 1 aliphatic rings. The van der Waals surface area contributed by atoms with E-state index in [0.717, 1.165) is 36.2 Å². The molecule has 1 saturated carbocycles. The summed E-state index contributed by atoms with van der Waals surface area (Å²) < 4.78 is 2.69. The van der Waals surface area contributed by atoms with Crippen molar-refractivity contribution in [3.8, 4) is 0 Å². The predicted molar refractivity (Wildman–Crippen MR) is 94.5 cm³/mol. The minimum Gasteiger partial charge on any atom is -0.293 e. The minimum absolute atomic E-state index is 0.147. The Hall–Kier alpha value is -2.01. The summed E-state index contributed by atoms with van der Waals surface area (Å²) in [6.07, 6.45) is 5.00. The normalized spacial score (nSPS) is 15.7. The largest absolute Gasteiger partial charge is 0.293 e. The summed E-state index contributed by atoms with van der Waals surface area (Å²) >= 11 is 1.44. The first-order valence-electron chi connectivity index (χ1n) is 8.17. The molecule has 4 nitrogen and oxygen atoms in total. The standard InChI is InChI=1S/C18H18N2O2S/c1-2-14-19-17-15(18(22)20(14)11-7-3-4-8-11)16(21)12-9-5-6-10-13(12)23-17/h5-6,9-11H,2-4,7-8H2,1H3. The third kappa shape index (κ3) is 2.22. The van der Waals surface area contributed by atoms with E-state index in [9.17, 15) is 9.59 Å². The lowest BCUT2D eigenvalue weighted by Crippen LogP contribution is -2.30. The van der Waals surface area contributed by atoms with Gasteiger partial charge in [-0.15, -0.1) is 11.3 Å². The second-order valence-corrected chi connectivity index (χ2v) is 7.13. The smallest absolute Gasteiger partial charge is 0.266 e. The molecule has 0 N–H and O–H groups in total. The van der Waals surface area contributed by atoms with Gasteiger partial charge >= 0.3 is 0 Å². The summed E-state index contributed by atoms with van der Waals surface area (Å²) in [7, 11) is 0. The van der Waals surface area contributed by atoms with E-state index in [-0.39, 0.29) is 22.4 Å². The van der Waals surface area contributed by atoms with Crippen LogP contribution < -0.4 is 11.0 Å². The van der Waals surface area contributed by atoms with E-state index in [1.54, 1.807) is 10.6 Å². The van der Waals surface area contributed by atoms with Crippen molar-refractivity contribution in [3.63, 3.8) is 0 Å². The van der Waals surface area contributed by atoms with E-state index >= 15 is 0 Å². The predicted octanol–water partition coefficient (Wildman–Crippen LogP) is 3.65. The monoisotopic (exact) mass is 326 g/mol. The summed E-state index contributed by atoms with van der Waals surface area (Å²) in [6, 6.07) is 7.65. The number of benzene rings is 1. The molecule has 0 bridgehead atoms. The first-order chi connectivity index (χ1) is 11.2. The van der Waals surface area contributed by atoms with Crippen molar-refractivity contribution in [1.82, 2.24) is 9.55 Å². The van der Waals surface area contributed by atoms with Gasteiger partial charge in [0.2, 0.25) is 5.43 Å². The molecule has 0 atom stereocenters. The number of aryl methyl sites for hydroxylation is 1. The second-order valence-electron chi connectivity index (χ2n) is 6.10. The number of hydrogen-bond donors (Lipinski definition) is 0. The van der Waals surface area contributed by atoms with Crippen LogP contribution in [0.1, 0.15) is 44.5 Å². The molecule has 118 valence electrons. The third-order valence-corrected chi connectivity index (χ3v) is 5.79. The SMILES string of the molecule is CCc1nc2sc3ccccc3c(=O)c2c(=O)n1C1CCCC1. The highest BCUT2D eigenvalue weighted by atomic mass is 32.1. The zero-order valence-corrected chi connectivity index (χ0v) is 13.9. The molecule has 0 amide bonds. The maximum atomic E-state index is 13.1. The van der Waals surface area contributed by atoms with Crippen LogP contribution in [0.4, 0.5) is 0 Å². The van der Waals surface area contributed by atoms with Crippen LogP contribution in [0.15, 0.2) is 33.9 Å². The zero-order valence-electron chi connectivity index (χ0n) is 13.0. The Morgan fingerprint density at radius 1 is 1.22 bits per heavy atom. The molecular weight excluding hydrogens is 308 g/mol. The molecule has 0 spiro atoms. The molecular formula is C18H18N2O2S. The number of fused-ring (bicyclic) bond motifs is 2. The van der Waals surface area contributed by atoms with Crippen LogP contribution in [-0.2, 0) is 6.42 Å². The topological polar surface area (TPSA) is 52.0 Å². The van der Waals surface area contributed by atoms with Gasteiger partial charge in [0.25, 0.3) is 5.56 Å². The van der Waals surface area contributed by atoms with Gasteiger partial charge in [-0.3, -0.25) is 14.2 Å². The van der Waals surface area contributed by atoms with Gasteiger partial charge in [0.05, 0.1) is 0 Å². The average molecular weight is 326 g/mol. The van der Waals surface area contributed by atoms with Crippen molar-refractivity contribution in [2.75, 3.05) is 0 Å². The van der Waals surface area contributed by atoms with Gasteiger partial charge in [0.1, 0.15) is 16.0 Å². The summed E-state index contributed by atoms with van der Waals surface area (Å²) in [5.74, 6) is 0.806. The van der Waals surface area contributed by atoms with Gasteiger partial charge in [0.15, 0.2) is 0 Å². The molecule has 5 heteroatoms. The Labute approximate surface area is 137 Å². The molecule has 0 unspecified atom stereocenters. The molecule has 1 fully saturated rings. The lowest BCUT2D eigenvalue weighted by atomic mass is 10.2. The van der Waals surface area contributed by atoms with Crippen LogP contribution in [0.25, 0.3) is 20.3 Å². The fraction of sp³-hybridized carbons (Fsp3) is 0.389. The first kappa shape index (κ1) is 14.6. The second kappa shape index (κ2) is 5.57. The maximum Gasteiger partial charge on any atom is 0.266 e. The number of nitrogens with zero attached hydrogens (tertiary/aromatic N) is 2. The zero-order chi connectivity index (χ0) is 16.0. The van der Waals surface area contributed by atoms with Gasteiger partial charge in [-0.25, -0.2) is 4.98 Å². The van der Waals surface area contributed by atoms with Crippen LogP contribution >= 0.6 is 11.3 Å². The van der Waals surface area contributed by atoms with E-state index in [1.807, 2.05) is 25.1 Å². The van der Waals surface area contributed by atoms with Crippen molar-refractivity contribution in [2.45, 2.75) is 45.1 Å². The Balaban J connectivity index is 2.14. The highest BCUT2D eigenvalue weighted by Gasteiger charge is 2.23. The van der Waals surface area contributed by atoms with Crippen LogP contribution in [-0.4, -0.2) is 9.55 Å². The maximum absolute atomic E-state index is 13.1. The molecule has 1 aliphatic carbocycles. The summed E-state index contributed by atoms with van der Waals surface area (Å²) in [5, 5.41) is 0.879. The molecule has 4 rings (SSSR count). The summed E-state index contributed by atoms with van der Waals surface area (Å²) in [6.45, 7) is 2.02. The fourth-order valence-electron chi connectivity index (χ4n) is 3.59. The molecule has 0 saturated heterocycles. The molecule has 2 aromatic heterocycles. The molecule has 2 heterocycles. The van der Waals surface area contributed by atoms with E-state index in [0.29, 0.717) is 16.6 Å². The van der Waals surface area contributed by atoms with Crippen LogP contribution in [0.2, 0.25) is 0 Å². The van der Waals surface area contributed by atoms with Gasteiger partial charge in [-0.05, 0) is 25.0 Å². The van der Waals surface area contributed by atoms with Crippen molar-refractivity contribution >= 4 is 31.6 Å². The summed E-state index contributed by atoms with van der Waals surface area (Å²) in [5.41, 5.74) is -0.327. The lowest BCUT2D eigenvalue weighted by Gasteiger charge is -2.18. The number of rotatable bonds is 2. The Morgan fingerprint density at radius 2 is 1.96 bits per heavy atom. The van der Waals surface area contributed by atoms with E-state index in [1.165, 1.54) is 11.3 Å². The van der Waals surface area contributed by atoms with Crippen molar-refractivity contribution in [3.05, 3.63) is 50.7 Å². The molecule has 1 aromatic carbocycles. The summed E-state index contributed by atoms with van der Waals surface area (Å²) in [4.78, 5) is 31.2. The number of hydrogen-bond acceptors (Lipinski definition) is 4. The Kier molecular flexibility index (Phi) is 3.53. The van der Waals surface area contributed by atoms with Gasteiger partial charge < -0.3 is 0 Å². The Morgan fingerprint density at radius 3 is 2.70 bits per heavy atom. The molecule has 23 heavy (non-hydrogen) atoms. The van der Waals surface area contributed by atoms with Gasteiger partial charge in [-0.2, -0.15) is 0 Å². The lowest BCUT2D eigenvalue weighted by molar-refractivity contribution is 0.478. The highest BCUT2D eigenvalue weighted by molar-refractivity contribution is 7.24. The minimum atomic E-state index is -0.179. The van der Waals surface area contributed by atoms with Gasteiger partial charge in [0, 0.05) is 22.5 Å². The van der Waals surface area contributed by atoms with Crippen LogP contribution in [0, 0.1) is 0 Å². The quantitative estimate of drug-likeness (QED) is 0.676. The number of aromatic nitrogens is 2. The molecule has 0 radical (unpaired) electrons. The average Bonchev–Trinajstić information content (AvgIpc) is 3.08. The Bertz CT molecular complexity index is 1010. The van der Waals surface area contributed by atoms with E-state index in [2.05, 4.69) is 0 Å². The van der Waals surface area contributed by atoms with Gasteiger partial charge in [-0.1, -0.05) is 31.9 Å². The van der Waals surface area contributed by atoms with Crippen molar-refractivity contribution in [1.29, 1.82) is 0 Å². The third-order valence-electron chi connectivity index (χ3n) is 4.73. The highest BCUT2D eigenvalue weighted by Crippen LogP contribution is 2.30. The van der Waals surface area contributed by atoms with E-state index < -0.39 is 0 Å². The van der Waals surface area contributed by atoms with Crippen molar-refractivity contribution in [2.24, 2.45) is 0 Å². The van der Waals surface area contributed by atoms with Crippen LogP contribution in [0.5, 0.6) is 0 Å².